The van der Waals surface area contributed by atoms with Crippen molar-refractivity contribution in [2.45, 2.75) is 38.7 Å². The molecule has 0 amide bonds. The van der Waals surface area contributed by atoms with Crippen LogP contribution in [-0.4, -0.2) is 53.4 Å². The van der Waals surface area contributed by atoms with Gasteiger partial charge in [0.2, 0.25) is 0 Å². The fraction of sp³-hybridized carbons (Fsp3) is 0.667. The number of nitrogens with one attached hydrogen (secondary N) is 1. The summed E-state index contributed by atoms with van der Waals surface area (Å²) in [5.41, 5.74) is 2.71. The smallest absolute Gasteiger partial charge is 0.194 e. The largest absolute Gasteiger partial charge is 0.370 e. The second kappa shape index (κ2) is 8.33. The average Bonchev–Trinajstić information content (AvgIpc) is 3.26. The highest BCUT2D eigenvalue weighted by Gasteiger charge is 2.25. The van der Waals surface area contributed by atoms with Crippen molar-refractivity contribution in [1.82, 2.24) is 20.0 Å². The maximum Gasteiger partial charge on any atom is 0.194 e. The van der Waals surface area contributed by atoms with Gasteiger partial charge in [-0.3, -0.25) is 9.67 Å². The number of aryl methyl sites for hydroxylation is 1. The third kappa shape index (κ3) is 4.38. The Morgan fingerprint density at radius 3 is 3.12 bits per heavy atom. The van der Waals surface area contributed by atoms with E-state index in [9.17, 15) is 0 Å². The molecule has 0 bridgehead atoms. The molecule has 1 N–H and O–H groups in total. The minimum atomic E-state index is 0.0637. The van der Waals surface area contributed by atoms with Crippen molar-refractivity contribution >= 4 is 5.96 Å². The first-order chi connectivity index (χ1) is 11.8. The van der Waals surface area contributed by atoms with Crippen LogP contribution in [0.1, 0.15) is 44.3 Å². The molecule has 1 aliphatic carbocycles. The lowest BCUT2D eigenvalue weighted by atomic mass is 10.1. The number of allylic oxidation sites excluding steroid dienone is 1. The molecule has 2 aliphatic rings. The van der Waals surface area contributed by atoms with Gasteiger partial charge in [-0.05, 0) is 32.6 Å². The van der Waals surface area contributed by atoms with Crippen LogP contribution in [0.5, 0.6) is 0 Å². The predicted molar refractivity (Wildman–Crippen MR) is 96.0 cm³/mol. The van der Waals surface area contributed by atoms with Crippen molar-refractivity contribution in [1.29, 1.82) is 0 Å². The van der Waals surface area contributed by atoms with Crippen LogP contribution in [0.3, 0.4) is 0 Å². The van der Waals surface area contributed by atoms with Crippen LogP contribution in [0.2, 0.25) is 0 Å². The summed E-state index contributed by atoms with van der Waals surface area (Å²) in [7, 11) is 1.94. The molecule has 1 aliphatic heterocycles. The molecule has 1 aromatic heterocycles. The van der Waals surface area contributed by atoms with Crippen LogP contribution in [0.15, 0.2) is 29.0 Å². The van der Waals surface area contributed by atoms with E-state index in [1.807, 2.05) is 24.1 Å². The molecular formula is C18H29N5O. The summed E-state index contributed by atoms with van der Waals surface area (Å²) in [6.07, 6.45) is 11.3. The number of morpholine rings is 1. The average molecular weight is 331 g/mol. The number of aliphatic imine (C=N–C) groups is 1. The summed E-state index contributed by atoms with van der Waals surface area (Å²) >= 11 is 0. The van der Waals surface area contributed by atoms with Gasteiger partial charge in [0.05, 0.1) is 19.3 Å². The number of rotatable bonds is 5. The second-order valence-corrected chi connectivity index (χ2v) is 6.49. The van der Waals surface area contributed by atoms with E-state index in [4.69, 9.17) is 9.73 Å². The van der Waals surface area contributed by atoms with Crippen LogP contribution in [0.4, 0.5) is 0 Å². The molecule has 1 atom stereocenters. The second-order valence-electron chi connectivity index (χ2n) is 6.49. The molecule has 0 aromatic carbocycles. The molecule has 0 radical (unpaired) electrons. The van der Waals surface area contributed by atoms with E-state index in [-0.39, 0.29) is 6.10 Å². The summed E-state index contributed by atoms with van der Waals surface area (Å²) in [6.45, 7) is 6.29. The zero-order chi connectivity index (χ0) is 16.8. The van der Waals surface area contributed by atoms with Gasteiger partial charge in [-0.25, -0.2) is 0 Å². The number of hydrogen-bond acceptors (Lipinski definition) is 3. The van der Waals surface area contributed by atoms with Crippen molar-refractivity contribution in [2.75, 3.05) is 32.8 Å². The monoisotopic (exact) mass is 331 g/mol. The first kappa shape index (κ1) is 17.0. The van der Waals surface area contributed by atoms with E-state index in [0.717, 1.165) is 50.7 Å². The summed E-state index contributed by atoms with van der Waals surface area (Å²) in [4.78, 5) is 7.16. The van der Waals surface area contributed by atoms with Gasteiger partial charge in [-0.2, -0.15) is 5.10 Å². The molecule has 1 aromatic rings. The molecule has 24 heavy (non-hydrogen) atoms. The van der Waals surface area contributed by atoms with Crippen LogP contribution >= 0.6 is 0 Å². The molecule has 1 unspecified atom stereocenters. The lowest BCUT2D eigenvalue weighted by Gasteiger charge is -2.34. The van der Waals surface area contributed by atoms with Crippen molar-refractivity contribution in [3.8, 4) is 0 Å². The van der Waals surface area contributed by atoms with Crippen LogP contribution in [0, 0.1) is 0 Å². The highest BCUT2D eigenvalue weighted by atomic mass is 16.5. The maximum atomic E-state index is 5.93. The molecular weight excluding hydrogens is 302 g/mol. The zero-order valence-electron chi connectivity index (χ0n) is 14.9. The summed E-state index contributed by atoms with van der Waals surface area (Å²) < 4.78 is 7.76. The lowest BCUT2D eigenvalue weighted by molar-refractivity contribution is -0.00803. The van der Waals surface area contributed by atoms with Gasteiger partial charge >= 0.3 is 0 Å². The van der Waals surface area contributed by atoms with Gasteiger partial charge in [0, 0.05) is 38.4 Å². The number of nitrogens with zero attached hydrogens (tertiary/aromatic N) is 4. The molecule has 6 nitrogen and oxygen atoms in total. The first-order valence-corrected chi connectivity index (χ1v) is 9.07. The standard InChI is InChI=1S/C18H29N5O/c1-3-19-18(20-9-8-15-6-4-5-7-15)23-10-11-24-17(14-23)16-12-21-22(2)13-16/h6,12-13,17H,3-5,7-11,14H2,1-2H3,(H,19,20). The first-order valence-electron chi connectivity index (χ1n) is 9.07. The van der Waals surface area contributed by atoms with Gasteiger partial charge < -0.3 is 15.0 Å². The Morgan fingerprint density at radius 1 is 1.50 bits per heavy atom. The Balaban J connectivity index is 1.61. The molecule has 132 valence electrons. The van der Waals surface area contributed by atoms with Crippen molar-refractivity contribution in [3.05, 3.63) is 29.6 Å². The van der Waals surface area contributed by atoms with E-state index in [1.54, 1.807) is 5.57 Å². The Labute approximate surface area is 144 Å². The number of hydrogen-bond donors (Lipinski definition) is 1. The minimum absolute atomic E-state index is 0.0637. The number of guanidine groups is 1. The normalized spacial score (nSPS) is 21.9. The van der Waals surface area contributed by atoms with Gasteiger partial charge in [0.25, 0.3) is 0 Å². The van der Waals surface area contributed by atoms with Gasteiger partial charge in [-0.1, -0.05) is 11.6 Å². The minimum Gasteiger partial charge on any atom is -0.370 e. The van der Waals surface area contributed by atoms with Crippen molar-refractivity contribution in [3.63, 3.8) is 0 Å². The fourth-order valence-electron chi connectivity index (χ4n) is 3.35. The fourth-order valence-corrected chi connectivity index (χ4v) is 3.35. The van der Waals surface area contributed by atoms with E-state index in [0.29, 0.717) is 0 Å². The molecule has 0 saturated carbocycles. The van der Waals surface area contributed by atoms with E-state index >= 15 is 0 Å². The zero-order valence-corrected chi connectivity index (χ0v) is 14.9. The molecule has 1 fully saturated rings. The van der Waals surface area contributed by atoms with Gasteiger partial charge in [-0.15, -0.1) is 0 Å². The number of ether oxygens (including phenoxy) is 1. The molecule has 0 spiro atoms. The maximum absolute atomic E-state index is 5.93. The topological polar surface area (TPSA) is 54.7 Å². The Kier molecular flexibility index (Phi) is 5.91. The molecule has 6 heteroatoms. The quantitative estimate of drug-likeness (QED) is 0.511. The highest BCUT2D eigenvalue weighted by Crippen LogP contribution is 2.22. The van der Waals surface area contributed by atoms with E-state index in [1.165, 1.54) is 19.3 Å². The Morgan fingerprint density at radius 2 is 2.42 bits per heavy atom. The highest BCUT2D eigenvalue weighted by molar-refractivity contribution is 5.80. The van der Waals surface area contributed by atoms with Crippen LogP contribution in [-0.2, 0) is 11.8 Å². The predicted octanol–water partition coefficient (Wildman–Crippen LogP) is 2.26. The summed E-state index contributed by atoms with van der Waals surface area (Å²) in [5.74, 6) is 1.01. The van der Waals surface area contributed by atoms with Crippen molar-refractivity contribution < 1.29 is 4.74 Å². The SMILES string of the molecule is CCNC(=NCCC1=CCCC1)N1CCOC(c2cnn(C)c2)C1. The van der Waals surface area contributed by atoms with Crippen LogP contribution in [0.25, 0.3) is 0 Å². The molecule has 1 saturated heterocycles. The Hall–Kier alpha value is -1.82. The third-order valence-corrected chi connectivity index (χ3v) is 4.63. The number of aromatic nitrogens is 2. The van der Waals surface area contributed by atoms with Gasteiger partial charge in [0.15, 0.2) is 5.96 Å². The van der Waals surface area contributed by atoms with Gasteiger partial charge in [0.1, 0.15) is 6.10 Å². The van der Waals surface area contributed by atoms with E-state index in [2.05, 4.69) is 28.3 Å². The lowest BCUT2D eigenvalue weighted by Crippen LogP contribution is -2.48. The Bertz CT molecular complexity index is 592. The molecule has 2 heterocycles. The summed E-state index contributed by atoms with van der Waals surface area (Å²) in [6, 6.07) is 0. The van der Waals surface area contributed by atoms with E-state index < -0.39 is 0 Å². The summed E-state index contributed by atoms with van der Waals surface area (Å²) in [5, 5.41) is 7.69. The molecule has 3 rings (SSSR count). The van der Waals surface area contributed by atoms with Crippen molar-refractivity contribution in [2.24, 2.45) is 12.0 Å². The third-order valence-electron chi connectivity index (χ3n) is 4.63. The van der Waals surface area contributed by atoms with Crippen LogP contribution < -0.4 is 5.32 Å².